The minimum Gasteiger partial charge on any atom is -0.493 e. The van der Waals surface area contributed by atoms with E-state index in [1.807, 2.05) is 44.3 Å². The Morgan fingerprint density at radius 3 is 2.44 bits per heavy atom. The highest BCUT2D eigenvalue weighted by atomic mass is 16.5. The van der Waals surface area contributed by atoms with Gasteiger partial charge in [-0.2, -0.15) is 0 Å². The number of anilines is 1. The third kappa shape index (κ3) is 6.66. The molecule has 27 heavy (non-hydrogen) atoms. The van der Waals surface area contributed by atoms with Crippen LogP contribution in [0.4, 0.5) is 5.69 Å². The van der Waals surface area contributed by atoms with Crippen LogP contribution in [0.5, 0.6) is 5.75 Å². The van der Waals surface area contributed by atoms with Gasteiger partial charge in [0, 0.05) is 25.8 Å². The van der Waals surface area contributed by atoms with Crippen molar-refractivity contribution in [3.8, 4) is 5.75 Å². The molecule has 0 saturated heterocycles. The molecule has 0 heterocycles. The Hall–Kier alpha value is -3.02. The van der Waals surface area contributed by atoms with Gasteiger partial charge in [-0.3, -0.25) is 9.59 Å². The van der Waals surface area contributed by atoms with Crippen molar-refractivity contribution in [2.24, 2.45) is 0 Å². The lowest BCUT2D eigenvalue weighted by Crippen LogP contribution is -2.38. The fourth-order valence-electron chi connectivity index (χ4n) is 2.61. The molecule has 2 amide bonds. The fraction of sp³-hybridized carbons (Fsp3) is 0.333. The van der Waals surface area contributed by atoms with Gasteiger partial charge in [0.1, 0.15) is 5.75 Å². The number of carbonyl (C=O) groups is 2. The topological polar surface area (TPSA) is 70.7 Å². The highest BCUT2D eigenvalue weighted by molar-refractivity contribution is 5.98. The Morgan fingerprint density at radius 1 is 1.00 bits per heavy atom. The first-order valence-electron chi connectivity index (χ1n) is 9.14. The van der Waals surface area contributed by atoms with E-state index < -0.39 is 0 Å². The van der Waals surface area contributed by atoms with E-state index >= 15 is 0 Å². The van der Waals surface area contributed by atoms with Crippen LogP contribution in [-0.2, 0) is 4.79 Å². The first-order valence-corrected chi connectivity index (χ1v) is 9.14. The molecule has 0 unspecified atom stereocenters. The van der Waals surface area contributed by atoms with E-state index in [2.05, 4.69) is 15.5 Å². The second kappa shape index (κ2) is 10.9. The minimum atomic E-state index is -0.321. The first-order chi connectivity index (χ1) is 13.1. The highest BCUT2D eigenvalue weighted by Gasteiger charge is 2.12. The molecule has 2 aromatic carbocycles. The zero-order chi connectivity index (χ0) is 19.5. The number of para-hydroxylation sites is 2. The smallest absolute Gasteiger partial charge is 0.255 e. The molecule has 2 rings (SSSR count). The van der Waals surface area contributed by atoms with Crippen molar-refractivity contribution in [2.45, 2.75) is 13.3 Å². The summed E-state index contributed by atoms with van der Waals surface area (Å²) in [6.07, 6.45) is 0.818. The van der Waals surface area contributed by atoms with Crippen LogP contribution in [-0.4, -0.2) is 45.1 Å². The number of hydrogen-bond acceptors (Lipinski definition) is 4. The van der Waals surface area contributed by atoms with Crippen LogP contribution in [0, 0.1) is 0 Å². The van der Waals surface area contributed by atoms with Crippen molar-refractivity contribution < 1.29 is 14.3 Å². The summed E-state index contributed by atoms with van der Waals surface area (Å²) in [5.41, 5.74) is 1.57. The van der Waals surface area contributed by atoms with Crippen molar-refractivity contribution in [3.05, 3.63) is 60.2 Å². The van der Waals surface area contributed by atoms with Gasteiger partial charge in [-0.15, -0.1) is 0 Å². The summed E-state index contributed by atoms with van der Waals surface area (Å²) in [6, 6.07) is 17.1. The number of amides is 2. The van der Waals surface area contributed by atoms with Crippen molar-refractivity contribution in [1.82, 2.24) is 10.6 Å². The molecule has 0 spiro atoms. The summed E-state index contributed by atoms with van der Waals surface area (Å²) in [7, 11) is 2.02. The van der Waals surface area contributed by atoms with Crippen molar-refractivity contribution in [1.29, 1.82) is 0 Å². The zero-order valence-corrected chi connectivity index (χ0v) is 15.9. The first kappa shape index (κ1) is 20.3. The SMILES string of the molecule is CCOc1ccccc1C(=O)NCC(=O)NCCCN(C)c1ccccc1. The molecule has 6 heteroatoms. The van der Waals surface area contributed by atoms with E-state index in [1.165, 1.54) is 0 Å². The number of nitrogens with zero attached hydrogens (tertiary/aromatic N) is 1. The number of nitrogens with one attached hydrogen (secondary N) is 2. The molecule has 2 N–H and O–H groups in total. The number of rotatable bonds is 10. The van der Waals surface area contributed by atoms with E-state index in [4.69, 9.17) is 4.74 Å². The van der Waals surface area contributed by atoms with E-state index in [0.717, 1.165) is 18.7 Å². The maximum Gasteiger partial charge on any atom is 0.255 e. The third-order valence-electron chi connectivity index (χ3n) is 4.03. The molecule has 2 aromatic rings. The molecule has 0 bridgehead atoms. The molecule has 0 aromatic heterocycles. The molecule has 0 fully saturated rings. The minimum absolute atomic E-state index is 0.0617. The van der Waals surface area contributed by atoms with Gasteiger partial charge in [0.2, 0.25) is 5.91 Å². The maximum atomic E-state index is 12.2. The van der Waals surface area contributed by atoms with Crippen molar-refractivity contribution in [3.63, 3.8) is 0 Å². The third-order valence-corrected chi connectivity index (χ3v) is 4.03. The fourth-order valence-corrected chi connectivity index (χ4v) is 2.61. The molecule has 0 aliphatic heterocycles. The van der Waals surface area contributed by atoms with Gasteiger partial charge < -0.3 is 20.3 Å². The average Bonchev–Trinajstić information content (AvgIpc) is 2.70. The summed E-state index contributed by atoms with van der Waals surface area (Å²) in [5.74, 6) is -0.0144. The summed E-state index contributed by atoms with van der Waals surface area (Å²) in [4.78, 5) is 26.3. The average molecular weight is 369 g/mol. The molecule has 0 radical (unpaired) electrons. The Morgan fingerprint density at radius 2 is 1.70 bits per heavy atom. The van der Waals surface area contributed by atoms with Gasteiger partial charge in [-0.1, -0.05) is 30.3 Å². The van der Waals surface area contributed by atoms with E-state index in [0.29, 0.717) is 24.5 Å². The summed E-state index contributed by atoms with van der Waals surface area (Å²) < 4.78 is 5.44. The lowest BCUT2D eigenvalue weighted by atomic mass is 10.2. The van der Waals surface area contributed by atoms with Gasteiger partial charge in [0.15, 0.2) is 0 Å². The Balaban J connectivity index is 1.68. The highest BCUT2D eigenvalue weighted by Crippen LogP contribution is 2.17. The monoisotopic (exact) mass is 369 g/mol. The maximum absolute atomic E-state index is 12.2. The lowest BCUT2D eigenvalue weighted by molar-refractivity contribution is -0.120. The Kier molecular flexibility index (Phi) is 8.16. The predicted molar refractivity (Wildman–Crippen MR) is 107 cm³/mol. The number of hydrogen-bond donors (Lipinski definition) is 2. The summed E-state index contributed by atoms with van der Waals surface area (Å²) >= 11 is 0. The number of carbonyl (C=O) groups excluding carboxylic acids is 2. The number of ether oxygens (including phenoxy) is 1. The van der Waals surface area contributed by atoms with Crippen molar-refractivity contribution in [2.75, 3.05) is 38.2 Å². The van der Waals surface area contributed by atoms with Crippen LogP contribution in [0.15, 0.2) is 54.6 Å². The second-order valence-electron chi connectivity index (χ2n) is 6.07. The Labute approximate surface area is 160 Å². The summed E-state index contributed by atoms with van der Waals surface area (Å²) in [6.45, 7) is 3.66. The van der Waals surface area contributed by atoms with E-state index in [1.54, 1.807) is 24.3 Å². The van der Waals surface area contributed by atoms with Crippen LogP contribution in [0.25, 0.3) is 0 Å². The molecular weight excluding hydrogens is 342 g/mol. The number of benzene rings is 2. The van der Waals surface area contributed by atoms with Crippen LogP contribution in [0.3, 0.4) is 0 Å². The van der Waals surface area contributed by atoms with Gasteiger partial charge in [0.05, 0.1) is 18.7 Å². The van der Waals surface area contributed by atoms with Crippen LogP contribution in [0.2, 0.25) is 0 Å². The molecule has 6 nitrogen and oxygen atoms in total. The molecule has 0 aliphatic carbocycles. The van der Waals surface area contributed by atoms with E-state index in [-0.39, 0.29) is 18.4 Å². The van der Waals surface area contributed by atoms with Gasteiger partial charge in [-0.05, 0) is 37.6 Å². The molecule has 0 aliphatic rings. The standard InChI is InChI=1S/C21H27N3O3/c1-3-27-19-13-8-7-12-18(19)21(26)23-16-20(25)22-14-9-15-24(2)17-10-5-4-6-11-17/h4-8,10-13H,3,9,14-16H2,1-2H3,(H,22,25)(H,23,26). The molecule has 0 saturated carbocycles. The molecule has 0 atom stereocenters. The Bertz CT molecular complexity index is 734. The predicted octanol–water partition coefficient (Wildman–Crippen LogP) is 2.46. The quantitative estimate of drug-likeness (QED) is 0.631. The molecular formula is C21H27N3O3. The van der Waals surface area contributed by atoms with Gasteiger partial charge in [-0.25, -0.2) is 0 Å². The van der Waals surface area contributed by atoms with Crippen molar-refractivity contribution >= 4 is 17.5 Å². The van der Waals surface area contributed by atoms with E-state index in [9.17, 15) is 9.59 Å². The van der Waals surface area contributed by atoms with Gasteiger partial charge >= 0.3 is 0 Å². The normalized spacial score (nSPS) is 10.1. The zero-order valence-electron chi connectivity index (χ0n) is 15.9. The van der Waals surface area contributed by atoms with Crippen LogP contribution >= 0.6 is 0 Å². The largest absolute Gasteiger partial charge is 0.493 e. The van der Waals surface area contributed by atoms with Crippen LogP contribution < -0.4 is 20.3 Å². The van der Waals surface area contributed by atoms with Gasteiger partial charge in [0.25, 0.3) is 5.91 Å². The summed E-state index contributed by atoms with van der Waals surface area (Å²) in [5, 5.41) is 5.46. The van der Waals surface area contributed by atoms with Crippen LogP contribution in [0.1, 0.15) is 23.7 Å². The lowest BCUT2D eigenvalue weighted by Gasteiger charge is -2.19. The second-order valence-corrected chi connectivity index (χ2v) is 6.07. The molecule has 144 valence electrons.